The van der Waals surface area contributed by atoms with Crippen LogP contribution in [0.2, 0.25) is 0 Å². The molecule has 1 aromatic carbocycles. The summed E-state index contributed by atoms with van der Waals surface area (Å²) in [6.07, 6.45) is 1.16. The predicted octanol–water partition coefficient (Wildman–Crippen LogP) is 1.97. The monoisotopic (exact) mass is 267 g/mol. The molecular weight excluding hydrogens is 254 g/mol. The Morgan fingerprint density at radius 3 is 2.72 bits per heavy atom. The van der Waals surface area contributed by atoms with Gasteiger partial charge in [0.1, 0.15) is 12.4 Å². The van der Waals surface area contributed by atoms with Gasteiger partial charge < -0.3 is 9.26 Å². The number of sulfone groups is 1. The van der Waals surface area contributed by atoms with E-state index in [0.717, 1.165) is 11.9 Å². The Balaban J connectivity index is 2.11. The van der Waals surface area contributed by atoms with Gasteiger partial charge in [-0.05, 0) is 25.1 Å². The molecule has 0 aliphatic rings. The Hall–Kier alpha value is -1.82. The molecule has 18 heavy (non-hydrogen) atoms. The van der Waals surface area contributed by atoms with Gasteiger partial charge in [-0.1, -0.05) is 11.2 Å². The second-order valence-corrected chi connectivity index (χ2v) is 5.99. The van der Waals surface area contributed by atoms with Crippen LogP contribution in [0, 0.1) is 6.92 Å². The standard InChI is InChI=1S/C12H13NO4S/c1-9-6-11(17-13-9)8-16-10-4-3-5-12(7-10)18(2,14)15/h3-7H,8H2,1-2H3. The maximum atomic E-state index is 11.4. The minimum Gasteiger partial charge on any atom is -0.486 e. The first-order valence-electron chi connectivity index (χ1n) is 5.30. The topological polar surface area (TPSA) is 69.4 Å². The van der Waals surface area contributed by atoms with Gasteiger partial charge in [0, 0.05) is 12.3 Å². The van der Waals surface area contributed by atoms with Crippen molar-refractivity contribution in [2.24, 2.45) is 0 Å². The predicted molar refractivity (Wildman–Crippen MR) is 65.1 cm³/mol. The highest BCUT2D eigenvalue weighted by Crippen LogP contribution is 2.18. The number of aromatic nitrogens is 1. The van der Waals surface area contributed by atoms with Crippen molar-refractivity contribution < 1.29 is 17.7 Å². The highest BCUT2D eigenvalue weighted by molar-refractivity contribution is 7.90. The highest BCUT2D eigenvalue weighted by Gasteiger charge is 2.08. The van der Waals surface area contributed by atoms with Crippen LogP contribution in [0.5, 0.6) is 5.75 Å². The number of hydrogen-bond donors (Lipinski definition) is 0. The Kier molecular flexibility index (Phi) is 3.38. The van der Waals surface area contributed by atoms with Gasteiger partial charge >= 0.3 is 0 Å². The van der Waals surface area contributed by atoms with Crippen molar-refractivity contribution in [2.75, 3.05) is 6.26 Å². The van der Waals surface area contributed by atoms with Crippen molar-refractivity contribution >= 4 is 9.84 Å². The van der Waals surface area contributed by atoms with Crippen LogP contribution in [0.3, 0.4) is 0 Å². The minimum atomic E-state index is -3.22. The fourth-order valence-electron chi connectivity index (χ4n) is 1.43. The van der Waals surface area contributed by atoms with Gasteiger partial charge in [0.05, 0.1) is 10.6 Å². The van der Waals surface area contributed by atoms with Crippen molar-refractivity contribution in [3.8, 4) is 5.75 Å². The normalized spacial score (nSPS) is 11.4. The first kappa shape index (κ1) is 12.6. The first-order valence-corrected chi connectivity index (χ1v) is 7.19. The van der Waals surface area contributed by atoms with Gasteiger partial charge in [-0.2, -0.15) is 0 Å². The van der Waals surface area contributed by atoms with Crippen molar-refractivity contribution in [2.45, 2.75) is 18.4 Å². The summed E-state index contributed by atoms with van der Waals surface area (Å²) in [4.78, 5) is 0.230. The lowest BCUT2D eigenvalue weighted by Gasteiger charge is -2.05. The molecule has 5 nitrogen and oxygen atoms in total. The molecule has 96 valence electrons. The lowest BCUT2D eigenvalue weighted by atomic mass is 10.3. The third-order valence-electron chi connectivity index (χ3n) is 2.29. The maximum Gasteiger partial charge on any atom is 0.175 e. The number of benzene rings is 1. The summed E-state index contributed by atoms with van der Waals surface area (Å²) in [7, 11) is -3.22. The molecule has 2 aromatic rings. The van der Waals surface area contributed by atoms with Gasteiger partial charge in [0.2, 0.25) is 0 Å². The van der Waals surface area contributed by atoms with Crippen LogP contribution in [0.1, 0.15) is 11.5 Å². The van der Waals surface area contributed by atoms with Gasteiger partial charge in [-0.3, -0.25) is 0 Å². The highest BCUT2D eigenvalue weighted by atomic mass is 32.2. The van der Waals surface area contributed by atoms with Gasteiger partial charge in [-0.15, -0.1) is 0 Å². The molecule has 0 saturated heterocycles. The first-order chi connectivity index (χ1) is 8.45. The zero-order chi connectivity index (χ0) is 13.2. The van der Waals surface area contributed by atoms with Crippen molar-refractivity contribution in [1.29, 1.82) is 0 Å². The molecule has 0 aliphatic heterocycles. The van der Waals surface area contributed by atoms with E-state index in [-0.39, 0.29) is 11.5 Å². The molecule has 2 rings (SSSR count). The molecule has 0 aliphatic carbocycles. The van der Waals surface area contributed by atoms with Crippen LogP contribution >= 0.6 is 0 Å². The quantitative estimate of drug-likeness (QED) is 0.847. The summed E-state index contributed by atoms with van der Waals surface area (Å²) in [5.41, 5.74) is 0.776. The molecule has 1 aromatic heterocycles. The SMILES string of the molecule is Cc1cc(COc2cccc(S(C)(=O)=O)c2)on1. The van der Waals surface area contributed by atoms with Gasteiger partial charge in [0.25, 0.3) is 0 Å². The lowest BCUT2D eigenvalue weighted by Crippen LogP contribution is -1.99. The van der Waals surface area contributed by atoms with Crippen LogP contribution in [0.4, 0.5) is 0 Å². The molecule has 6 heteroatoms. The van der Waals surface area contributed by atoms with Crippen LogP contribution in [0.15, 0.2) is 39.8 Å². The van der Waals surface area contributed by atoms with E-state index in [1.807, 2.05) is 6.92 Å². The fraction of sp³-hybridized carbons (Fsp3) is 0.250. The van der Waals surface area contributed by atoms with E-state index >= 15 is 0 Å². The molecule has 0 atom stereocenters. The summed E-state index contributed by atoms with van der Waals surface area (Å²) in [6.45, 7) is 2.03. The van der Waals surface area contributed by atoms with Gasteiger partial charge in [0.15, 0.2) is 15.6 Å². The molecule has 0 saturated carbocycles. The third-order valence-corrected chi connectivity index (χ3v) is 3.40. The largest absolute Gasteiger partial charge is 0.486 e. The van der Waals surface area contributed by atoms with Crippen LogP contribution in [-0.2, 0) is 16.4 Å². The Morgan fingerprint density at radius 2 is 2.11 bits per heavy atom. The summed E-state index contributed by atoms with van der Waals surface area (Å²) in [5.74, 6) is 1.07. The van der Waals surface area contributed by atoms with Crippen molar-refractivity contribution in [3.05, 3.63) is 41.8 Å². The van der Waals surface area contributed by atoms with Crippen LogP contribution in [-0.4, -0.2) is 19.8 Å². The second-order valence-electron chi connectivity index (χ2n) is 3.97. The Morgan fingerprint density at radius 1 is 1.33 bits per heavy atom. The Labute approximate surface area is 105 Å². The van der Waals surface area contributed by atoms with E-state index in [2.05, 4.69) is 5.16 Å². The molecule has 0 amide bonds. The minimum absolute atomic E-state index is 0.216. The lowest BCUT2D eigenvalue weighted by molar-refractivity contribution is 0.248. The summed E-state index contributed by atoms with van der Waals surface area (Å²) < 4.78 is 33.2. The van der Waals surface area contributed by atoms with E-state index in [1.54, 1.807) is 18.2 Å². The molecule has 0 unspecified atom stereocenters. The van der Waals surface area contributed by atoms with Crippen LogP contribution < -0.4 is 4.74 Å². The average Bonchev–Trinajstić information content (AvgIpc) is 2.72. The molecular formula is C12H13NO4S. The summed E-state index contributed by atoms with van der Waals surface area (Å²) >= 11 is 0. The number of rotatable bonds is 4. The molecule has 0 N–H and O–H groups in total. The molecule has 0 spiro atoms. The van der Waals surface area contributed by atoms with Crippen LogP contribution in [0.25, 0.3) is 0 Å². The third kappa shape index (κ3) is 3.10. The zero-order valence-corrected chi connectivity index (χ0v) is 10.9. The Bertz CT molecular complexity index is 646. The maximum absolute atomic E-state index is 11.4. The van der Waals surface area contributed by atoms with E-state index in [0.29, 0.717) is 11.5 Å². The second kappa shape index (κ2) is 4.81. The fourth-order valence-corrected chi connectivity index (χ4v) is 2.09. The van der Waals surface area contributed by atoms with E-state index in [1.165, 1.54) is 12.1 Å². The van der Waals surface area contributed by atoms with E-state index < -0.39 is 9.84 Å². The molecule has 1 heterocycles. The van der Waals surface area contributed by atoms with E-state index in [4.69, 9.17) is 9.26 Å². The van der Waals surface area contributed by atoms with E-state index in [9.17, 15) is 8.42 Å². The summed E-state index contributed by atoms with van der Waals surface area (Å²) in [6, 6.07) is 8.11. The molecule has 0 radical (unpaired) electrons. The number of hydrogen-bond acceptors (Lipinski definition) is 5. The van der Waals surface area contributed by atoms with Gasteiger partial charge in [-0.25, -0.2) is 8.42 Å². The van der Waals surface area contributed by atoms with Crippen molar-refractivity contribution in [3.63, 3.8) is 0 Å². The number of ether oxygens (including phenoxy) is 1. The average molecular weight is 267 g/mol. The number of nitrogens with zero attached hydrogens (tertiary/aromatic N) is 1. The number of aryl methyl sites for hydroxylation is 1. The smallest absolute Gasteiger partial charge is 0.175 e. The van der Waals surface area contributed by atoms with Crippen molar-refractivity contribution in [1.82, 2.24) is 5.16 Å². The summed E-state index contributed by atoms with van der Waals surface area (Å²) in [5, 5.41) is 3.73. The zero-order valence-electron chi connectivity index (χ0n) is 10.1. The molecule has 0 fully saturated rings. The molecule has 0 bridgehead atoms.